The summed E-state index contributed by atoms with van der Waals surface area (Å²) in [5.74, 6) is -1.55. The van der Waals surface area contributed by atoms with E-state index >= 15 is 0 Å². The molecule has 0 aliphatic heterocycles. The zero-order valence-corrected chi connectivity index (χ0v) is 9.21. The predicted molar refractivity (Wildman–Crippen MR) is 63.8 cm³/mol. The van der Waals surface area contributed by atoms with Gasteiger partial charge in [-0.25, -0.2) is 8.78 Å². The summed E-state index contributed by atoms with van der Waals surface area (Å²) >= 11 is 0. The van der Waals surface area contributed by atoms with Gasteiger partial charge in [0.05, 0.1) is 0 Å². The molecule has 2 aromatic carbocycles. The smallest absolute Gasteiger partial charge is 0.162 e. The van der Waals surface area contributed by atoms with E-state index in [0.717, 1.165) is 11.8 Å². The highest BCUT2D eigenvalue weighted by molar-refractivity contribution is 5.42. The lowest BCUT2D eigenvalue weighted by atomic mass is 10.1. The Labute approximate surface area is 99.1 Å². The average Bonchev–Trinajstić information content (AvgIpc) is 2.36. The van der Waals surface area contributed by atoms with E-state index < -0.39 is 11.6 Å². The Balaban J connectivity index is 1.93. The quantitative estimate of drug-likeness (QED) is 0.851. The second kappa shape index (κ2) is 5.43. The highest BCUT2D eigenvalue weighted by Gasteiger charge is 2.06. The van der Waals surface area contributed by atoms with Crippen LogP contribution in [0.3, 0.4) is 0 Å². The molecule has 3 heteroatoms. The van der Waals surface area contributed by atoms with Crippen LogP contribution >= 0.6 is 0 Å². The lowest BCUT2D eigenvalue weighted by Gasteiger charge is -2.07. The van der Waals surface area contributed by atoms with Crippen LogP contribution in [0.2, 0.25) is 0 Å². The lowest BCUT2D eigenvalue weighted by Crippen LogP contribution is -2.06. The zero-order chi connectivity index (χ0) is 12.1. The van der Waals surface area contributed by atoms with Crippen LogP contribution in [-0.2, 0) is 6.42 Å². The topological polar surface area (TPSA) is 12.0 Å². The fraction of sp³-hybridized carbons (Fsp3) is 0.143. The number of rotatable bonds is 4. The molecule has 0 amide bonds. The first-order valence-electron chi connectivity index (χ1n) is 5.40. The van der Waals surface area contributed by atoms with Gasteiger partial charge in [-0.2, -0.15) is 0 Å². The van der Waals surface area contributed by atoms with Crippen LogP contribution in [-0.4, -0.2) is 6.54 Å². The minimum absolute atomic E-state index is 0.389. The normalized spacial score (nSPS) is 10.2. The molecular weight excluding hydrogens is 220 g/mol. The molecule has 0 aliphatic rings. The number of nitrogens with one attached hydrogen (secondary N) is 1. The molecule has 0 heterocycles. The maximum Gasteiger partial charge on any atom is 0.162 e. The van der Waals surface area contributed by atoms with Crippen molar-refractivity contribution in [1.29, 1.82) is 0 Å². The van der Waals surface area contributed by atoms with E-state index in [4.69, 9.17) is 0 Å². The second-order valence-corrected chi connectivity index (χ2v) is 3.68. The second-order valence-electron chi connectivity index (χ2n) is 3.68. The van der Waals surface area contributed by atoms with Crippen LogP contribution in [0.25, 0.3) is 0 Å². The van der Waals surface area contributed by atoms with Gasteiger partial charge in [0, 0.05) is 12.2 Å². The lowest BCUT2D eigenvalue weighted by molar-refractivity contribution is 0.499. The number of anilines is 1. The summed E-state index contributed by atoms with van der Waals surface area (Å²) < 4.78 is 26.2. The van der Waals surface area contributed by atoms with Crippen molar-refractivity contribution in [3.05, 3.63) is 65.7 Å². The summed E-state index contributed by atoms with van der Waals surface area (Å²) in [4.78, 5) is 0. The molecule has 0 unspecified atom stereocenters. The molecule has 0 atom stereocenters. The molecule has 1 N–H and O–H groups in total. The van der Waals surface area contributed by atoms with E-state index in [9.17, 15) is 8.78 Å². The fourth-order valence-corrected chi connectivity index (χ4v) is 1.59. The molecular formula is C14H12F2N. The van der Waals surface area contributed by atoms with Crippen molar-refractivity contribution in [2.24, 2.45) is 0 Å². The molecule has 2 rings (SSSR count). The fourth-order valence-electron chi connectivity index (χ4n) is 1.59. The van der Waals surface area contributed by atoms with Crippen molar-refractivity contribution >= 4 is 5.69 Å². The van der Waals surface area contributed by atoms with Gasteiger partial charge in [-0.3, -0.25) is 0 Å². The first-order valence-corrected chi connectivity index (χ1v) is 5.40. The van der Waals surface area contributed by atoms with E-state index in [2.05, 4.69) is 11.4 Å². The van der Waals surface area contributed by atoms with E-state index in [1.54, 1.807) is 18.2 Å². The highest BCUT2D eigenvalue weighted by Crippen LogP contribution is 2.12. The van der Waals surface area contributed by atoms with Gasteiger partial charge >= 0.3 is 0 Å². The molecule has 0 fully saturated rings. The van der Waals surface area contributed by atoms with Crippen molar-refractivity contribution in [2.45, 2.75) is 6.42 Å². The van der Waals surface area contributed by atoms with Crippen LogP contribution < -0.4 is 5.32 Å². The van der Waals surface area contributed by atoms with Gasteiger partial charge in [-0.15, -0.1) is 0 Å². The van der Waals surface area contributed by atoms with Gasteiger partial charge in [0.1, 0.15) is 0 Å². The Bertz CT molecular complexity index is 483. The number of benzene rings is 2. The van der Waals surface area contributed by atoms with Crippen LogP contribution in [0.4, 0.5) is 14.5 Å². The molecule has 0 saturated carbocycles. The zero-order valence-electron chi connectivity index (χ0n) is 9.21. The minimum Gasteiger partial charge on any atom is -0.385 e. The number of hydrogen-bond donors (Lipinski definition) is 1. The number of hydrogen-bond acceptors (Lipinski definition) is 1. The van der Waals surface area contributed by atoms with E-state index in [-0.39, 0.29) is 0 Å². The highest BCUT2D eigenvalue weighted by atomic mass is 19.2. The van der Waals surface area contributed by atoms with Gasteiger partial charge in [-0.05, 0) is 36.2 Å². The van der Waals surface area contributed by atoms with Gasteiger partial charge in [0.15, 0.2) is 11.6 Å². The summed E-state index contributed by atoms with van der Waals surface area (Å²) in [6, 6.07) is 14.5. The first kappa shape index (κ1) is 11.6. The maximum atomic E-state index is 13.3. The Morgan fingerprint density at radius 1 is 1.06 bits per heavy atom. The SMILES string of the molecule is Fc1cccc(CCNc2cc[c]cc2)c1F. The van der Waals surface area contributed by atoms with E-state index in [1.807, 2.05) is 12.1 Å². The minimum atomic E-state index is -0.795. The third-order valence-electron chi connectivity index (χ3n) is 2.47. The molecule has 17 heavy (non-hydrogen) atoms. The molecule has 0 aromatic heterocycles. The van der Waals surface area contributed by atoms with Crippen molar-refractivity contribution in [1.82, 2.24) is 0 Å². The summed E-state index contributed by atoms with van der Waals surface area (Å²) in [6.07, 6.45) is 0.447. The molecule has 0 aliphatic carbocycles. The van der Waals surface area contributed by atoms with Crippen LogP contribution in [0.15, 0.2) is 42.5 Å². The Hall–Kier alpha value is -1.90. The Kier molecular flexibility index (Phi) is 3.70. The molecule has 0 spiro atoms. The van der Waals surface area contributed by atoms with E-state index in [1.165, 1.54) is 6.07 Å². The summed E-state index contributed by atoms with van der Waals surface area (Å²) in [6.45, 7) is 0.560. The summed E-state index contributed by atoms with van der Waals surface area (Å²) in [5, 5.41) is 3.13. The van der Waals surface area contributed by atoms with Crippen LogP contribution in [0, 0.1) is 17.7 Å². The molecule has 2 aromatic rings. The first-order chi connectivity index (χ1) is 8.27. The van der Waals surface area contributed by atoms with Gasteiger partial charge in [0.2, 0.25) is 0 Å². The van der Waals surface area contributed by atoms with Crippen molar-refractivity contribution in [3.8, 4) is 0 Å². The standard InChI is InChI=1S/C14H12F2N/c15-13-8-4-5-11(14(13)16)9-10-17-12-6-2-1-3-7-12/h2-8,17H,9-10H2. The monoisotopic (exact) mass is 232 g/mol. The molecule has 87 valence electrons. The van der Waals surface area contributed by atoms with Gasteiger partial charge in [-0.1, -0.05) is 24.3 Å². The van der Waals surface area contributed by atoms with Crippen molar-refractivity contribution < 1.29 is 8.78 Å². The molecule has 1 radical (unpaired) electrons. The molecule has 0 bridgehead atoms. The van der Waals surface area contributed by atoms with Gasteiger partial charge in [0.25, 0.3) is 0 Å². The third kappa shape index (κ3) is 3.03. The van der Waals surface area contributed by atoms with E-state index in [0.29, 0.717) is 18.5 Å². The molecule has 1 nitrogen and oxygen atoms in total. The Morgan fingerprint density at radius 3 is 2.59 bits per heavy atom. The maximum absolute atomic E-state index is 13.3. The largest absolute Gasteiger partial charge is 0.385 e. The summed E-state index contributed by atoms with van der Waals surface area (Å²) in [5.41, 5.74) is 1.33. The average molecular weight is 232 g/mol. The number of halogens is 2. The van der Waals surface area contributed by atoms with Crippen molar-refractivity contribution in [3.63, 3.8) is 0 Å². The van der Waals surface area contributed by atoms with Crippen LogP contribution in [0.5, 0.6) is 0 Å². The van der Waals surface area contributed by atoms with Crippen LogP contribution in [0.1, 0.15) is 5.56 Å². The summed E-state index contributed by atoms with van der Waals surface area (Å²) in [7, 11) is 0. The van der Waals surface area contributed by atoms with Crippen molar-refractivity contribution in [2.75, 3.05) is 11.9 Å². The molecule has 0 saturated heterocycles. The van der Waals surface area contributed by atoms with Gasteiger partial charge < -0.3 is 5.32 Å². The predicted octanol–water partition coefficient (Wildman–Crippen LogP) is 3.42. The Morgan fingerprint density at radius 2 is 1.82 bits per heavy atom. The third-order valence-corrected chi connectivity index (χ3v) is 2.47.